The molecule has 0 spiro atoms. The van der Waals surface area contributed by atoms with E-state index in [2.05, 4.69) is 34.7 Å². The van der Waals surface area contributed by atoms with Gasteiger partial charge in [0.15, 0.2) is 0 Å². The maximum absolute atomic E-state index is 12.4. The van der Waals surface area contributed by atoms with E-state index in [1.807, 2.05) is 27.8 Å². The van der Waals surface area contributed by atoms with Gasteiger partial charge in [0.05, 0.1) is 16.6 Å². The molecule has 1 aliphatic rings. The number of rotatable bonds is 3. The molecule has 0 saturated carbocycles. The summed E-state index contributed by atoms with van der Waals surface area (Å²) >= 11 is 1.58. The normalized spacial score (nSPS) is 16.0. The van der Waals surface area contributed by atoms with E-state index in [9.17, 15) is 4.79 Å². The number of aromatic nitrogens is 2. The Hall–Kier alpha value is -2.14. The van der Waals surface area contributed by atoms with Gasteiger partial charge in [0.2, 0.25) is 0 Å². The Morgan fingerprint density at radius 2 is 2.04 bits per heavy atom. The van der Waals surface area contributed by atoms with Gasteiger partial charge in [-0.1, -0.05) is 12.1 Å². The predicted octanol–water partition coefficient (Wildman–Crippen LogP) is 3.96. The first-order valence-corrected chi connectivity index (χ1v) is 9.40. The summed E-state index contributed by atoms with van der Waals surface area (Å²) in [4.78, 5) is 19.1. The Bertz CT molecular complexity index is 845. The summed E-state index contributed by atoms with van der Waals surface area (Å²) in [6, 6.07) is 10.2. The molecule has 0 aliphatic carbocycles. The number of carbonyl (C=O) groups is 1. The lowest BCUT2D eigenvalue weighted by atomic mass is 9.96. The third-order valence-corrected chi connectivity index (χ3v) is 5.64. The van der Waals surface area contributed by atoms with Crippen LogP contribution in [0.2, 0.25) is 0 Å². The largest absolute Gasteiger partial charge is 0.339 e. The molecule has 124 valence electrons. The van der Waals surface area contributed by atoms with Crippen LogP contribution in [0.4, 0.5) is 0 Å². The second-order valence-corrected chi connectivity index (χ2v) is 7.29. The fourth-order valence-electron chi connectivity index (χ4n) is 3.57. The van der Waals surface area contributed by atoms with Gasteiger partial charge in [-0.25, -0.2) is 4.98 Å². The van der Waals surface area contributed by atoms with Crippen LogP contribution >= 0.6 is 11.3 Å². The molecule has 1 fully saturated rings. The van der Waals surface area contributed by atoms with Crippen LogP contribution in [-0.4, -0.2) is 33.4 Å². The molecule has 4 rings (SSSR count). The van der Waals surface area contributed by atoms with Crippen LogP contribution in [0.5, 0.6) is 0 Å². The van der Waals surface area contributed by atoms with Crippen molar-refractivity contribution in [2.24, 2.45) is 5.92 Å². The molecule has 0 N–H and O–H groups in total. The Morgan fingerprint density at radius 1 is 1.25 bits per heavy atom. The zero-order valence-electron chi connectivity index (χ0n) is 13.8. The third-order valence-electron chi connectivity index (χ3n) is 4.96. The second kappa shape index (κ2) is 6.40. The highest BCUT2D eigenvalue weighted by molar-refractivity contribution is 7.08. The van der Waals surface area contributed by atoms with Crippen LogP contribution < -0.4 is 0 Å². The molecule has 0 radical (unpaired) electrons. The van der Waals surface area contributed by atoms with Gasteiger partial charge in [0.1, 0.15) is 5.82 Å². The van der Waals surface area contributed by atoms with Crippen molar-refractivity contribution in [2.45, 2.75) is 26.3 Å². The average molecular weight is 339 g/mol. The van der Waals surface area contributed by atoms with Gasteiger partial charge in [-0.2, -0.15) is 11.3 Å². The number of amides is 1. The number of thiophene rings is 1. The number of nitrogens with zero attached hydrogens (tertiary/aromatic N) is 3. The predicted molar refractivity (Wildman–Crippen MR) is 97.4 cm³/mol. The lowest BCUT2D eigenvalue weighted by molar-refractivity contribution is 0.0683. The summed E-state index contributed by atoms with van der Waals surface area (Å²) in [6.45, 7) is 4.78. The maximum Gasteiger partial charge on any atom is 0.254 e. The molecule has 1 aliphatic heterocycles. The Labute approximate surface area is 145 Å². The zero-order chi connectivity index (χ0) is 16.5. The van der Waals surface area contributed by atoms with E-state index in [0.29, 0.717) is 5.92 Å². The molecule has 3 aromatic rings. The number of hydrogen-bond donors (Lipinski definition) is 0. The molecule has 2 aromatic heterocycles. The van der Waals surface area contributed by atoms with E-state index in [0.717, 1.165) is 49.4 Å². The number of fused-ring (bicyclic) bond motifs is 1. The monoisotopic (exact) mass is 339 g/mol. The van der Waals surface area contributed by atoms with Gasteiger partial charge in [-0.15, -0.1) is 0 Å². The summed E-state index contributed by atoms with van der Waals surface area (Å²) in [7, 11) is 0. The van der Waals surface area contributed by atoms with Crippen LogP contribution in [0, 0.1) is 12.8 Å². The number of likely N-dealkylation sites (tertiary alicyclic amines) is 1. The van der Waals surface area contributed by atoms with Gasteiger partial charge < -0.3 is 9.47 Å². The van der Waals surface area contributed by atoms with Crippen molar-refractivity contribution in [3.8, 4) is 0 Å². The minimum atomic E-state index is 0.180. The second-order valence-electron chi connectivity index (χ2n) is 6.51. The minimum Gasteiger partial charge on any atom is -0.339 e. The SMILES string of the molecule is Cc1nc2ccccc2n1CC1CCN(C(=O)c2ccsc2)CC1. The first kappa shape index (κ1) is 15.4. The molecular weight excluding hydrogens is 318 g/mol. The quantitative estimate of drug-likeness (QED) is 0.724. The summed E-state index contributed by atoms with van der Waals surface area (Å²) < 4.78 is 2.33. The minimum absolute atomic E-state index is 0.180. The smallest absolute Gasteiger partial charge is 0.254 e. The highest BCUT2D eigenvalue weighted by Gasteiger charge is 2.24. The van der Waals surface area contributed by atoms with Crippen molar-refractivity contribution in [1.82, 2.24) is 14.5 Å². The number of hydrogen-bond acceptors (Lipinski definition) is 3. The fraction of sp³-hybridized carbons (Fsp3) is 0.368. The van der Waals surface area contributed by atoms with Crippen molar-refractivity contribution in [2.75, 3.05) is 13.1 Å². The number of aryl methyl sites for hydroxylation is 1. The number of imidazole rings is 1. The standard InChI is InChI=1S/C19H21N3OS/c1-14-20-17-4-2-3-5-18(17)22(14)12-15-6-9-21(10-7-15)19(23)16-8-11-24-13-16/h2-5,8,11,13,15H,6-7,9-10,12H2,1H3. The van der Waals surface area contributed by atoms with Crippen LogP contribution in [0.3, 0.4) is 0 Å². The number of benzene rings is 1. The topological polar surface area (TPSA) is 38.1 Å². The van der Waals surface area contributed by atoms with Crippen LogP contribution in [0.1, 0.15) is 29.0 Å². The number of carbonyl (C=O) groups excluding carboxylic acids is 1. The molecule has 24 heavy (non-hydrogen) atoms. The van der Waals surface area contributed by atoms with Gasteiger partial charge in [0.25, 0.3) is 5.91 Å². The first-order valence-electron chi connectivity index (χ1n) is 8.46. The van der Waals surface area contributed by atoms with Crippen molar-refractivity contribution in [1.29, 1.82) is 0 Å². The summed E-state index contributed by atoms with van der Waals surface area (Å²) in [5.41, 5.74) is 3.11. The zero-order valence-corrected chi connectivity index (χ0v) is 14.6. The Kier molecular flexibility index (Phi) is 4.10. The van der Waals surface area contributed by atoms with Crippen LogP contribution in [-0.2, 0) is 6.54 Å². The molecular formula is C19H21N3OS. The molecule has 0 unspecified atom stereocenters. The summed E-state index contributed by atoms with van der Waals surface area (Å²) in [6.07, 6.45) is 2.11. The van der Waals surface area contributed by atoms with E-state index >= 15 is 0 Å². The van der Waals surface area contributed by atoms with E-state index < -0.39 is 0 Å². The first-order chi connectivity index (χ1) is 11.7. The number of para-hydroxylation sites is 2. The van der Waals surface area contributed by atoms with Crippen LogP contribution in [0.15, 0.2) is 41.1 Å². The molecule has 5 heteroatoms. The highest BCUT2D eigenvalue weighted by atomic mass is 32.1. The fourth-order valence-corrected chi connectivity index (χ4v) is 4.20. The van der Waals surface area contributed by atoms with Crippen LogP contribution in [0.25, 0.3) is 11.0 Å². The third kappa shape index (κ3) is 2.84. The van der Waals surface area contributed by atoms with Crippen molar-refractivity contribution >= 4 is 28.3 Å². The lowest BCUT2D eigenvalue weighted by Crippen LogP contribution is -2.39. The average Bonchev–Trinajstić information content (AvgIpc) is 3.24. The molecule has 1 aromatic carbocycles. The lowest BCUT2D eigenvalue weighted by Gasteiger charge is -2.32. The highest BCUT2D eigenvalue weighted by Crippen LogP contribution is 2.24. The van der Waals surface area contributed by atoms with Gasteiger partial charge >= 0.3 is 0 Å². The van der Waals surface area contributed by atoms with Crippen molar-refractivity contribution < 1.29 is 4.79 Å². The van der Waals surface area contributed by atoms with Gasteiger partial charge in [0, 0.05) is 25.0 Å². The molecule has 3 heterocycles. The van der Waals surface area contributed by atoms with E-state index in [-0.39, 0.29) is 5.91 Å². The van der Waals surface area contributed by atoms with Crippen molar-refractivity contribution in [3.63, 3.8) is 0 Å². The van der Waals surface area contributed by atoms with E-state index in [4.69, 9.17) is 0 Å². The molecule has 4 nitrogen and oxygen atoms in total. The summed E-state index contributed by atoms with van der Waals surface area (Å²) in [5, 5.41) is 3.91. The molecule has 1 saturated heterocycles. The van der Waals surface area contributed by atoms with Gasteiger partial charge in [-0.05, 0) is 49.3 Å². The summed E-state index contributed by atoms with van der Waals surface area (Å²) in [5.74, 6) is 1.86. The molecule has 0 bridgehead atoms. The maximum atomic E-state index is 12.4. The van der Waals surface area contributed by atoms with E-state index in [1.54, 1.807) is 11.3 Å². The molecule has 1 amide bonds. The van der Waals surface area contributed by atoms with Crippen molar-refractivity contribution in [3.05, 3.63) is 52.5 Å². The van der Waals surface area contributed by atoms with E-state index in [1.165, 1.54) is 5.52 Å². The van der Waals surface area contributed by atoms with Gasteiger partial charge in [-0.3, -0.25) is 4.79 Å². The Morgan fingerprint density at radius 3 is 2.79 bits per heavy atom. The Balaban J connectivity index is 1.43. The molecule has 0 atom stereocenters. The number of piperidine rings is 1.